The second-order valence-corrected chi connectivity index (χ2v) is 11.9. The van der Waals surface area contributed by atoms with Gasteiger partial charge in [-0.1, -0.05) is 0 Å². The van der Waals surface area contributed by atoms with Gasteiger partial charge in [0, 0.05) is 0 Å². The number of allylic oxidation sites excluding steroid dienone is 4. The number of hydrogen-bond donors (Lipinski definition) is 0. The molecule has 0 saturated carbocycles. The Labute approximate surface area is 187 Å². The fourth-order valence-electron chi connectivity index (χ4n) is 4.40. The quantitative estimate of drug-likeness (QED) is 0.492. The van der Waals surface area contributed by atoms with Crippen LogP contribution >= 0.6 is 0 Å². The Balaban J connectivity index is 0.00000131. The van der Waals surface area contributed by atoms with Crippen LogP contribution in [0, 0.1) is 5.41 Å². The molecule has 0 N–H and O–H groups in total. The standard InChI is InChI=1S/C13H9.C11H17.2ClH.Zr/c1-3-7-12-10(5-1)9-11-6-2-4-8-13(11)12;1-8-6-9(2)10(7-8)11(3,4)5;;;/h1-5,7-8H,9H2;6-7H,1-5H3;2*1H;/q;;;;+2/p-2. The summed E-state index contributed by atoms with van der Waals surface area (Å²) in [4.78, 5) is 0. The molecule has 2 aromatic rings. The summed E-state index contributed by atoms with van der Waals surface area (Å²) in [5.41, 5.74) is 11.2. The number of benzene rings is 2. The molecule has 0 fully saturated rings. The van der Waals surface area contributed by atoms with Gasteiger partial charge in [-0.15, -0.1) is 0 Å². The van der Waals surface area contributed by atoms with Crippen LogP contribution in [0.5, 0.6) is 0 Å². The summed E-state index contributed by atoms with van der Waals surface area (Å²) < 4.78 is 2.43. The van der Waals surface area contributed by atoms with Crippen LogP contribution in [-0.4, -0.2) is 0 Å². The fraction of sp³-hybridized carbons (Fsp3) is 0.333. The van der Waals surface area contributed by atoms with Crippen LogP contribution in [0.25, 0.3) is 11.1 Å². The van der Waals surface area contributed by atoms with Crippen molar-refractivity contribution in [3.8, 4) is 11.1 Å². The zero-order valence-corrected chi connectivity index (χ0v) is 20.6. The molecule has 4 rings (SSSR count). The molecule has 140 valence electrons. The van der Waals surface area contributed by atoms with Crippen molar-refractivity contribution in [2.45, 2.75) is 44.7 Å². The Morgan fingerprint density at radius 1 is 0.889 bits per heavy atom. The Bertz CT molecular complexity index is 916. The van der Waals surface area contributed by atoms with Crippen LogP contribution < -0.4 is 28.1 Å². The minimum atomic E-state index is -0.721. The minimum absolute atomic E-state index is 0. The van der Waals surface area contributed by atoms with Crippen molar-refractivity contribution >= 4 is 3.27 Å². The average molecular weight is 477 g/mol. The molecule has 0 aromatic heterocycles. The van der Waals surface area contributed by atoms with Gasteiger partial charge in [0.2, 0.25) is 0 Å². The van der Waals surface area contributed by atoms with Gasteiger partial charge >= 0.3 is 164 Å². The predicted molar refractivity (Wildman–Crippen MR) is 104 cm³/mol. The second-order valence-electron chi connectivity index (χ2n) is 8.48. The van der Waals surface area contributed by atoms with Gasteiger partial charge in [-0.3, -0.25) is 0 Å². The molecule has 2 aromatic carbocycles. The first-order valence-corrected chi connectivity index (χ1v) is 11.9. The smallest absolute Gasteiger partial charge is 1.00 e. The first-order chi connectivity index (χ1) is 11.9. The largest absolute Gasteiger partial charge is 1.00 e. The van der Waals surface area contributed by atoms with E-state index in [1.807, 2.05) is 0 Å². The molecule has 0 amide bonds. The summed E-state index contributed by atoms with van der Waals surface area (Å²) in [5, 5.41) is 0. The van der Waals surface area contributed by atoms with Crippen molar-refractivity contribution < 1.29 is 48.0 Å². The molecule has 0 saturated heterocycles. The van der Waals surface area contributed by atoms with Gasteiger partial charge in [0.15, 0.2) is 0 Å². The van der Waals surface area contributed by atoms with Gasteiger partial charge in [-0.25, -0.2) is 0 Å². The molecule has 0 aliphatic heterocycles. The topological polar surface area (TPSA) is 0 Å². The first kappa shape index (κ1) is 22.7. The van der Waals surface area contributed by atoms with E-state index in [0.29, 0.717) is 0 Å². The van der Waals surface area contributed by atoms with Crippen LogP contribution in [0.2, 0.25) is 3.63 Å². The molecule has 1 atom stereocenters. The molecule has 1 unspecified atom stereocenters. The summed E-state index contributed by atoms with van der Waals surface area (Å²) in [6, 6.07) is 16.0. The molecule has 0 bridgehead atoms. The van der Waals surface area contributed by atoms with Crippen molar-refractivity contribution in [2.24, 2.45) is 5.41 Å². The van der Waals surface area contributed by atoms with Gasteiger partial charge in [0.1, 0.15) is 0 Å². The molecule has 0 heterocycles. The normalized spacial score (nSPS) is 17.4. The summed E-state index contributed by atoms with van der Waals surface area (Å²) in [6.07, 6.45) is 3.62. The molecular formula is C24H26Cl2Zr. The Morgan fingerprint density at radius 2 is 1.56 bits per heavy atom. The Kier molecular flexibility index (Phi) is 7.05. The summed E-state index contributed by atoms with van der Waals surface area (Å²) in [6.45, 7) is 11.8. The molecule has 0 radical (unpaired) electrons. The minimum Gasteiger partial charge on any atom is -1.00 e. The zero-order valence-electron chi connectivity index (χ0n) is 16.7. The van der Waals surface area contributed by atoms with Crippen LogP contribution in [0.15, 0.2) is 65.3 Å². The number of halogens is 2. The average Bonchev–Trinajstić information content (AvgIpc) is 3.08. The summed E-state index contributed by atoms with van der Waals surface area (Å²) in [7, 11) is 0. The number of fused-ring (bicyclic) bond motifs is 3. The summed E-state index contributed by atoms with van der Waals surface area (Å²) >= 11 is -0.721. The van der Waals surface area contributed by atoms with E-state index >= 15 is 0 Å². The maximum Gasteiger partial charge on any atom is -1.00 e. The van der Waals surface area contributed by atoms with E-state index in [1.165, 1.54) is 16.7 Å². The van der Waals surface area contributed by atoms with Gasteiger partial charge in [0.25, 0.3) is 0 Å². The van der Waals surface area contributed by atoms with Crippen molar-refractivity contribution in [1.82, 2.24) is 0 Å². The summed E-state index contributed by atoms with van der Waals surface area (Å²) in [5.74, 6) is 0. The molecule has 27 heavy (non-hydrogen) atoms. The molecule has 0 spiro atoms. The van der Waals surface area contributed by atoms with Crippen molar-refractivity contribution in [3.63, 3.8) is 0 Å². The van der Waals surface area contributed by atoms with E-state index < -0.39 is 23.2 Å². The SMILES string of the molecule is CC1=CC(C(C)(C)C)=C(C)[CH]1[Zr+2][c]1cccc2c1Cc1ccccc1-2.[Cl-].[Cl-]. The van der Waals surface area contributed by atoms with Crippen LogP contribution in [-0.2, 0) is 29.7 Å². The zero-order chi connectivity index (χ0) is 17.8. The Morgan fingerprint density at radius 3 is 2.22 bits per heavy atom. The van der Waals surface area contributed by atoms with E-state index in [1.54, 1.807) is 25.6 Å². The van der Waals surface area contributed by atoms with Crippen molar-refractivity contribution in [2.75, 3.05) is 0 Å². The van der Waals surface area contributed by atoms with Crippen LogP contribution in [0.4, 0.5) is 0 Å². The van der Waals surface area contributed by atoms with Crippen molar-refractivity contribution in [1.29, 1.82) is 0 Å². The van der Waals surface area contributed by atoms with Crippen LogP contribution in [0.3, 0.4) is 0 Å². The van der Waals surface area contributed by atoms with E-state index in [-0.39, 0.29) is 30.2 Å². The van der Waals surface area contributed by atoms with Gasteiger partial charge in [-0.2, -0.15) is 0 Å². The maximum absolute atomic E-state index is 2.48. The van der Waals surface area contributed by atoms with Gasteiger partial charge < -0.3 is 24.8 Å². The molecule has 2 aliphatic carbocycles. The molecule has 3 heteroatoms. The van der Waals surface area contributed by atoms with E-state index in [2.05, 4.69) is 83.2 Å². The van der Waals surface area contributed by atoms with Gasteiger partial charge in [0.05, 0.1) is 0 Å². The van der Waals surface area contributed by atoms with E-state index in [9.17, 15) is 0 Å². The van der Waals surface area contributed by atoms with E-state index in [0.717, 1.165) is 10.0 Å². The Hall–Kier alpha value is -0.617. The number of rotatable bonds is 2. The third-order valence-corrected chi connectivity index (χ3v) is 10.5. The number of hydrogen-bond acceptors (Lipinski definition) is 0. The molecule has 2 aliphatic rings. The predicted octanol–water partition coefficient (Wildman–Crippen LogP) is 0.0846. The third kappa shape index (κ3) is 4.07. The molecule has 0 nitrogen and oxygen atoms in total. The van der Waals surface area contributed by atoms with Crippen LogP contribution in [0.1, 0.15) is 45.7 Å². The fourth-order valence-corrected chi connectivity index (χ4v) is 8.29. The van der Waals surface area contributed by atoms with E-state index in [4.69, 9.17) is 0 Å². The maximum atomic E-state index is 2.48. The second kappa shape index (κ2) is 8.40. The first-order valence-electron chi connectivity index (χ1n) is 9.22. The van der Waals surface area contributed by atoms with Gasteiger partial charge in [-0.05, 0) is 0 Å². The van der Waals surface area contributed by atoms with Crippen molar-refractivity contribution in [3.05, 3.63) is 76.4 Å². The molecular weight excluding hydrogens is 450 g/mol. The monoisotopic (exact) mass is 474 g/mol. The third-order valence-electron chi connectivity index (χ3n) is 5.64.